The van der Waals surface area contributed by atoms with Crippen LogP contribution in [0, 0.1) is 3.57 Å². The van der Waals surface area contributed by atoms with Crippen LogP contribution in [0.2, 0.25) is 0 Å². The van der Waals surface area contributed by atoms with Crippen molar-refractivity contribution >= 4 is 34.5 Å². The van der Waals surface area contributed by atoms with Crippen LogP contribution >= 0.6 is 22.6 Å². The predicted molar refractivity (Wildman–Crippen MR) is 100 cm³/mol. The van der Waals surface area contributed by atoms with E-state index in [0.717, 1.165) is 16.8 Å². The standard InChI is InChI=1S/C19H20INO/c20-16-9-11-17(12-10-16)21-13-15-7-4-8-18(19(15)22)14-5-2-1-3-6-14/h4,7-14,22H,1-3,5-6H2. The van der Waals surface area contributed by atoms with Crippen LogP contribution in [0.1, 0.15) is 49.1 Å². The lowest BCUT2D eigenvalue weighted by atomic mass is 9.83. The number of halogens is 1. The molecular formula is C19H20INO. The van der Waals surface area contributed by atoms with E-state index in [0.29, 0.717) is 11.7 Å². The molecule has 22 heavy (non-hydrogen) atoms. The molecule has 0 spiro atoms. The van der Waals surface area contributed by atoms with Gasteiger partial charge in [0.25, 0.3) is 0 Å². The number of hydrogen-bond acceptors (Lipinski definition) is 2. The number of para-hydroxylation sites is 1. The van der Waals surface area contributed by atoms with Crippen LogP contribution in [-0.2, 0) is 0 Å². The third kappa shape index (κ3) is 3.69. The van der Waals surface area contributed by atoms with Gasteiger partial charge in [0, 0.05) is 15.3 Å². The Morgan fingerprint density at radius 1 is 1.00 bits per heavy atom. The maximum Gasteiger partial charge on any atom is 0.127 e. The number of phenolic OH excluding ortho intramolecular Hbond substituents is 1. The molecule has 0 atom stereocenters. The van der Waals surface area contributed by atoms with Crippen molar-refractivity contribution in [3.8, 4) is 5.75 Å². The first-order chi connectivity index (χ1) is 10.7. The summed E-state index contributed by atoms with van der Waals surface area (Å²) in [6, 6.07) is 14.1. The molecule has 1 N–H and O–H groups in total. The fraction of sp³-hybridized carbons (Fsp3) is 0.316. The summed E-state index contributed by atoms with van der Waals surface area (Å²) in [6.07, 6.45) is 8.00. The van der Waals surface area contributed by atoms with Crippen LogP contribution in [0.25, 0.3) is 0 Å². The minimum absolute atomic E-state index is 0.406. The smallest absolute Gasteiger partial charge is 0.127 e. The van der Waals surface area contributed by atoms with E-state index in [1.165, 1.54) is 35.7 Å². The van der Waals surface area contributed by atoms with Gasteiger partial charge in [-0.2, -0.15) is 0 Å². The van der Waals surface area contributed by atoms with E-state index in [2.05, 4.69) is 33.6 Å². The highest BCUT2D eigenvalue weighted by molar-refractivity contribution is 14.1. The van der Waals surface area contributed by atoms with Gasteiger partial charge in [-0.1, -0.05) is 31.4 Å². The molecule has 2 nitrogen and oxygen atoms in total. The molecule has 114 valence electrons. The first-order valence-corrected chi connectivity index (χ1v) is 8.93. The summed E-state index contributed by atoms with van der Waals surface area (Å²) in [5, 5.41) is 10.6. The predicted octanol–water partition coefficient (Wildman–Crippen LogP) is 5.80. The molecule has 0 aliphatic heterocycles. The zero-order valence-corrected chi connectivity index (χ0v) is 14.7. The summed E-state index contributed by atoms with van der Waals surface area (Å²) in [4.78, 5) is 4.48. The number of rotatable bonds is 3. The average molecular weight is 405 g/mol. The van der Waals surface area contributed by atoms with Gasteiger partial charge in [0.2, 0.25) is 0 Å². The zero-order valence-electron chi connectivity index (χ0n) is 12.5. The van der Waals surface area contributed by atoms with Crippen molar-refractivity contribution in [2.75, 3.05) is 0 Å². The fourth-order valence-electron chi connectivity index (χ4n) is 3.10. The number of hydrogen-bond donors (Lipinski definition) is 1. The van der Waals surface area contributed by atoms with Gasteiger partial charge in [0.15, 0.2) is 0 Å². The molecule has 0 bridgehead atoms. The lowest BCUT2D eigenvalue weighted by Gasteiger charge is -2.23. The molecule has 0 aromatic heterocycles. The first kappa shape index (κ1) is 15.5. The summed E-state index contributed by atoms with van der Waals surface area (Å²) in [7, 11) is 0. The molecule has 0 heterocycles. The Morgan fingerprint density at radius 3 is 2.45 bits per heavy atom. The van der Waals surface area contributed by atoms with E-state index in [4.69, 9.17) is 0 Å². The van der Waals surface area contributed by atoms with Crippen LogP contribution in [0.4, 0.5) is 5.69 Å². The molecule has 3 heteroatoms. The van der Waals surface area contributed by atoms with E-state index in [9.17, 15) is 5.11 Å². The quantitative estimate of drug-likeness (QED) is 0.509. The van der Waals surface area contributed by atoms with Crippen LogP contribution in [0.3, 0.4) is 0 Å². The van der Waals surface area contributed by atoms with Crippen LogP contribution in [-0.4, -0.2) is 11.3 Å². The maximum absolute atomic E-state index is 10.6. The Balaban J connectivity index is 1.83. The van der Waals surface area contributed by atoms with E-state index in [1.54, 1.807) is 6.21 Å². The first-order valence-electron chi connectivity index (χ1n) is 7.85. The van der Waals surface area contributed by atoms with Gasteiger partial charge >= 0.3 is 0 Å². The fourth-order valence-corrected chi connectivity index (χ4v) is 3.46. The van der Waals surface area contributed by atoms with Crippen molar-refractivity contribution < 1.29 is 5.11 Å². The second-order valence-electron chi connectivity index (χ2n) is 5.85. The number of nitrogens with zero attached hydrogens (tertiary/aromatic N) is 1. The Kier molecular flexibility index (Phi) is 5.13. The van der Waals surface area contributed by atoms with Crippen molar-refractivity contribution in [3.05, 3.63) is 57.2 Å². The molecule has 3 rings (SSSR count). The minimum Gasteiger partial charge on any atom is -0.507 e. The molecule has 2 aromatic rings. The molecular weight excluding hydrogens is 385 g/mol. The number of aromatic hydroxyl groups is 1. The van der Waals surface area contributed by atoms with Crippen molar-refractivity contribution in [1.82, 2.24) is 0 Å². The highest BCUT2D eigenvalue weighted by atomic mass is 127. The molecule has 0 unspecified atom stereocenters. The second kappa shape index (κ2) is 7.27. The maximum atomic E-state index is 10.6. The van der Waals surface area contributed by atoms with Gasteiger partial charge in [-0.05, 0) is 77.2 Å². The van der Waals surface area contributed by atoms with Gasteiger partial charge in [-0.25, -0.2) is 0 Å². The zero-order chi connectivity index (χ0) is 15.4. The van der Waals surface area contributed by atoms with Gasteiger partial charge in [-0.15, -0.1) is 0 Å². The molecule has 1 aliphatic rings. The van der Waals surface area contributed by atoms with Crippen LogP contribution in [0.15, 0.2) is 47.5 Å². The van der Waals surface area contributed by atoms with Crippen molar-refractivity contribution in [3.63, 3.8) is 0 Å². The second-order valence-corrected chi connectivity index (χ2v) is 7.10. The molecule has 0 saturated heterocycles. The van der Waals surface area contributed by atoms with Crippen molar-refractivity contribution in [2.45, 2.75) is 38.0 Å². The lowest BCUT2D eigenvalue weighted by molar-refractivity contribution is 0.414. The van der Waals surface area contributed by atoms with Gasteiger partial charge in [0.1, 0.15) is 5.75 Å². The van der Waals surface area contributed by atoms with Crippen LogP contribution in [0.5, 0.6) is 5.75 Å². The molecule has 2 aromatic carbocycles. The summed E-state index contributed by atoms with van der Waals surface area (Å²) in [5.74, 6) is 0.907. The largest absolute Gasteiger partial charge is 0.507 e. The van der Waals surface area contributed by atoms with E-state index in [-0.39, 0.29) is 0 Å². The van der Waals surface area contributed by atoms with E-state index < -0.39 is 0 Å². The Bertz CT molecular complexity index is 658. The highest BCUT2D eigenvalue weighted by Gasteiger charge is 2.19. The van der Waals surface area contributed by atoms with Crippen molar-refractivity contribution in [2.24, 2.45) is 4.99 Å². The van der Waals surface area contributed by atoms with E-state index >= 15 is 0 Å². The summed E-state index contributed by atoms with van der Waals surface area (Å²) in [5.41, 5.74) is 2.80. The molecule has 0 radical (unpaired) electrons. The summed E-state index contributed by atoms with van der Waals surface area (Å²) >= 11 is 2.28. The Morgan fingerprint density at radius 2 is 1.73 bits per heavy atom. The average Bonchev–Trinajstić information content (AvgIpc) is 2.56. The summed E-state index contributed by atoms with van der Waals surface area (Å²) < 4.78 is 1.19. The SMILES string of the molecule is Oc1c(C=Nc2ccc(I)cc2)cccc1C1CCCCC1. The van der Waals surface area contributed by atoms with Gasteiger partial charge in [0.05, 0.1) is 5.69 Å². The molecule has 1 fully saturated rings. The Hall–Kier alpha value is -1.36. The van der Waals surface area contributed by atoms with Crippen molar-refractivity contribution in [1.29, 1.82) is 0 Å². The number of phenols is 1. The molecule has 1 aliphatic carbocycles. The number of aliphatic imine (C=N–C) groups is 1. The highest BCUT2D eigenvalue weighted by Crippen LogP contribution is 2.38. The monoisotopic (exact) mass is 405 g/mol. The third-order valence-corrected chi connectivity index (χ3v) is 5.04. The summed E-state index contributed by atoms with van der Waals surface area (Å²) in [6.45, 7) is 0. The molecule has 0 amide bonds. The van der Waals surface area contributed by atoms with Crippen LogP contribution < -0.4 is 0 Å². The minimum atomic E-state index is 0.406. The topological polar surface area (TPSA) is 32.6 Å². The normalized spacial score (nSPS) is 16.2. The molecule has 1 saturated carbocycles. The third-order valence-electron chi connectivity index (χ3n) is 4.32. The van der Waals surface area contributed by atoms with Gasteiger partial charge < -0.3 is 5.11 Å². The van der Waals surface area contributed by atoms with E-state index in [1.807, 2.05) is 36.4 Å². The number of benzene rings is 2. The Labute approximate surface area is 145 Å². The van der Waals surface area contributed by atoms with Gasteiger partial charge in [-0.3, -0.25) is 4.99 Å². The lowest BCUT2D eigenvalue weighted by Crippen LogP contribution is -2.05.